The summed E-state index contributed by atoms with van der Waals surface area (Å²) in [5.74, 6) is 0.420. The SMILES string of the molecule is CCC(=O)N(C)C1Oc2ccc(O)cc2C1(C)c1cc(O)ccc1O. The summed E-state index contributed by atoms with van der Waals surface area (Å²) in [4.78, 5) is 13.8. The number of rotatable bonds is 3. The average Bonchev–Trinajstić information content (AvgIpc) is 2.89. The Morgan fingerprint density at radius 3 is 2.36 bits per heavy atom. The predicted molar refractivity (Wildman–Crippen MR) is 91.8 cm³/mol. The van der Waals surface area contributed by atoms with Crippen LogP contribution < -0.4 is 4.74 Å². The number of phenolic OH excluding ortho intramolecular Hbond substituents is 3. The zero-order chi connectivity index (χ0) is 18.4. The Balaban J connectivity index is 2.25. The first-order chi connectivity index (χ1) is 11.8. The first-order valence-corrected chi connectivity index (χ1v) is 8.07. The third kappa shape index (κ3) is 2.54. The lowest BCUT2D eigenvalue weighted by Gasteiger charge is -2.37. The molecule has 2 atom stereocenters. The molecule has 2 unspecified atom stereocenters. The molecule has 0 aliphatic carbocycles. The van der Waals surface area contributed by atoms with Gasteiger partial charge in [0.1, 0.15) is 23.0 Å². The summed E-state index contributed by atoms with van der Waals surface area (Å²) in [5.41, 5.74) is 0.0722. The lowest BCUT2D eigenvalue weighted by Crippen LogP contribution is -2.50. The molecule has 6 heteroatoms. The second kappa shape index (κ2) is 5.88. The van der Waals surface area contributed by atoms with E-state index in [9.17, 15) is 20.1 Å². The van der Waals surface area contributed by atoms with Gasteiger partial charge >= 0.3 is 0 Å². The van der Waals surface area contributed by atoms with E-state index in [-0.39, 0.29) is 23.2 Å². The van der Waals surface area contributed by atoms with Gasteiger partial charge in [-0.25, -0.2) is 0 Å². The number of hydrogen-bond acceptors (Lipinski definition) is 5. The van der Waals surface area contributed by atoms with E-state index in [1.165, 1.54) is 29.2 Å². The van der Waals surface area contributed by atoms with Crippen molar-refractivity contribution in [2.75, 3.05) is 7.05 Å². The molecule has 6 nitrogen and oxygen atoms in total. The van der Waals surface area contributed by atoms with Crippen molar-refractivity contribution in [1.82, 2.24) is 4.90 Å². The second-order valence-electron chi connectivity index (χ2n) is 6.41. The van der Waals surface area contributed by atoms with E-state index in [1.807, 2.05) is 6.92 Å². The van der Waals surface area contributed by atoms with Gasteiger partial charge in [-0.15, -0.1) is 0 Å². The Morgan fingerprint density at radius 1 is 1.12 bits per heavy atom. The highest BCUT2D eigenvalue weighted by Gasteiger charge is 2.51. The van der Waals surface area contributed by atoms with Gasteiger partial charge in [0.25, 0.3) is 0 Å². The van der Waals surface area contributed by atoms with E-state index < -0.39 is 11.6 Å². The highest BCUT2D eigenvalue weighted by Crippen LogP contribution is 2.51. The summed E-state index contributed by atoms with van der Waals surface area (Å²) in [5, 5.41) is 30.3. The molecule has 0 aromatic heterocycles. The molecule has 1 aliphatic heterocycles. The number of amides is 1. The number of aromatic hydroxyl groups is 3. The van der Waals surface area contributed by atoms with E-state index in [4.69, 9.17) is 4.74 Å². The van der Waals surface area contributed by atoms with Gasteiger partial charge < -0.3 is 25.0 Å². The average molecular weight is 343 g/mol. The number of carbonyl (C=O) groups excluding carboxylic acids is 1. The maximum absolute atomic E-state index is 12.3. The monoisotopic (exact) mass is 343 g/mol. The van der Waals surface area contributed by atoms with Crippen LogP contribution in [0.4, 0.5) is 0 Å². The van der Waals surface area contributed by atoms with Gasteiger partial charge in [0.15, 0.2) is 6.23 Å². The molecule has 3 rings (SSSR count). The fourth-order valence-electron chi connectivity index (χ4n) is 3.46. The fraction of sp³-hybridized carbons (Fsp3) is 0.316. The first kappa shape index (κ1) is 17.0. The van der Waals surface area contributed by atoms with Gasteiger partial charge in [-0.2, -0.15) is 0 Å². The summed E-state index contributed by atoms with van der Waals surface area (Å²) in [7, 11) is 1.64. The number of hydrogen-bond donors (Lipinski definition) is 3. The maximum atomic E-state index is 12.3. The highest BCUT2D eigenvalue weighted by atomic mass is 16.5. The molecule has 0 spiro atoms. The molecule has 0 saturated heterocycles. The Morgan fingerprint density at radius 2 is 1.72 bits per heavy atom. The quantitative estimate of drug-likeness (QED) is 0.746. The van der Waals surface area contributed by atoms with E-state index in [1.54, 1.807) is 26.1 Å². The summed E-state index contributed by atoms with van der Waals surface area (Å²) < 4.78 is 6.01. The lowest BCUT2D eigenvalue weighted by atomic mass is 9.74. The van der Waals surface area contributed by atoms with E-state index in [2.05, 4.69) is 0 Å². The van der Waals surface area contributed by atoms with Crippen LogP contribution in [0.25, 0.3) is 0 Å². The van der Waals surface area contributed by atoms with Crippen LogP contribution >= 0.6 is 0 Å². The largest absolute Gasteiger partial charge is 0.508 e. The number of ether oxygens (including phenoxy) is 1. The maximum Gasteiger partial charge on any atom is 0.224 e. The second-order valence-corrected chi connectivity index (χ2v) is 6.41. The van der Waals surface area contributed by atoms with Gasteiger partial charge in [-0.3, -0.25) is 4.79 Å². The first-order valence-electron chi connectivity index (χ1n) is 8.07. The third-order valence-corrected chi connectivity index (χ3v) is 4.84. The van der Waals surface area contributed by atoms with E-state index in [0.29, 0.717) is 23.3 Å². The van der Waals surface area contributed by atoms with Gasteiger partial charge in [0, 0.05) is 24.6 Å². The molecule has 2 aromatic rings. The van der Waals surface area contributed by atoms with Crippen molar-refractivity contribution in [2.45, 2.75) is 31.9 Å². The van der Waals surface area contributed by atoms with Crippen molar-refractivity contribution >= 4 is 5.91 Å². The molecule has 1 heterocycles. The normalized spacial score (nSPS) is 21.5. The third-order valence-electron chi connectivity index (χ3n) is 4.84. The molecule has 0 radical (unpaired) electrons. The van der Waals surface area contributed by atoms with Crippen LogP contribution in [0.3, 0.4) is 0 Å². The van der Waals surface area contributed by atoms with Crippen molar-refractivity contribution in [2.24, 2.45) is 0 Å². The highest BCUT2D eigenvalue weighted by molar-refractivity contribution is 5.76. The summed E-state index contributed by atoms with van der Waals surface area (Å²) >= 11 is 0. The topological polar surface area (TPSA) is 90.2 Å². The van der Waals surface area contributed by atoms with Gasteiger partial charge in [0.2, 0.25) is 5.91 Å². The van der Waals surface area contributed by atoms with Crippen molar-refractivity contribution in [1.29, 1.82) is 0 Å². The van der Waals surface area contributed by atoms with Crippen molar-refractivity contribution < 1.29 is 24.9 Å². The number of fused-ring (bicyclic) bond motifs is 1. The summed E-state index contributed by atoms with van der Waals surface area (Å²) in [6.45, 7) is 3.58. The number of likely N-dealkylation sites (N-methyl/N-ethyl adjacent to an activating group) is 1. The molecule has 1 aliphatic rings. The van der Waals surface area contributed by atoms with Crippen LogP contribution in [0, 0.1) is 0 Å². The van der Waals surface area contributed by atoms with Crippen molar-refractivity contribution in [3.63, 3.8) is 0 Å². The van der Waals surface area contributed by atoms with Crippen LogP contribution in [0.5, 0.6) is 23.0 Å². The van der Waals surface area contributed by atoms with Crippen LogP contribution in [0.15, 0.2) is 36.4 Å². The zero-order valence-corrected chi connectivity index (χ0v) is 14.4. The minimum absolute atomic E-state index is 0.00847. The molecular formula is C19H21NO5. The van der Waals surface area contributed by atoms with E-state index in [0.717, 1.165) is 0 Å². The zero-order valence-electron chi connectivity index (χ0n) is 14.4. The van der Waals surface area contributed by atoms with Crippen LogP contribution in [0.2, 0.25) is 0 Å². The predicted octanol–water partition coefficient (Wildman–Crippen LogP) is 2.70. The van der Waals surface area contributed by atoms with E-state index >= 15 is 0 Å². The van der Waals surface area contributed by atoms with Crippen molar-refractivity contribution in [3.05, 3.63) is 47.5 Å². The molecule has 0 saturated carbocycles. The van der Waals surface area contributed by atoms with Crippen LogP contribution in [-0.2, 0) is 10.2 Å². The van der Waals surface area contributed by atoms with Crippen molar-refractivity contribution in [3.8, 4) is 23.0 Å². The number of nitrogens with zero attached hydrogens (tertiary/aromatic N) is 1. The van der Waals surface area contributed by atoms with Crippen LogP contribution in [0.1, 0.15) is 31.4 Å². The molecule has 0 bridgehead atoms. The molecule has 2 aromatic carbocycles. The summed E-state index contributed by atoms with van der Waals surface area (Å²) in [6, 6.07) is 8.93. The molecule has 3 N–H and O–H groups in total. The Labute approximate surface area is 145 Å². The molecular weight excluding hydrogens is 322 g/mol. The molecule has 1 amide bonds. The Hall–Kier alpha value is -2.89. The van der Waals surface area contributed by atoms with Gasteiger partial charge in [0.05, 0.1) is 5.41 Å². The number of phenols is 3. The molecule has 25 heavy (non-hydrogen) atoms. The van der Waals surface area contributed by atoms with Gasteiger partial charge in [-0.1, -0.05) is 6.92 Å². The standard InChI is InChI=1S/C19H21NO5/c1-4-17(24)20(3)18-19(2,13-9-11(21)5-7-15(13)23)14-10-12(22)6-8-16(14)25-18/h5-10,18,21-23H,4H2,1-3H3. The minimum Gasteiger partial charge on any atom is -0.508 e. The lowest BCUT2D eigenvalue weighted by molar-refractivity contribution is -0.138. The summed E-state index contributed by atoms with van der Waals surface area (Å²) in [6.07, 6.45) is -0.426. The Bertz CT molecular complexity index is 835. The minimum atomic E-state index is -0.976. The number of carbonyl (C=O) groups is 1. The molecule has 132 valence electrons. The Kier molecular flexibility index (Phi) is 3.99. The molecule has 0 fully saturated rings. The fourth-order valence-corrected chi connectivity index (χ4v) is 3.46. The smallest absolute Gasteiger partial charge is 0.224 e. The number of benzene rings is 2. The van der Waals surface area contributed by atoms with Crippen LogP contribution in [-0.4, -0.2) is 39.4 Å². The van der Waals surface area contributed by atoms with Gasteiger partial charge in [-0.05, 0) is 43.3 Å².